The van der Waals surface area contributed by atoms with Crippen LogP contribution in [0.3, 0.4) is 0 Å². The van der Waals surface area contributed by atoms with Crippen molar-refractivity contribution >= 4 is 34.7 Å². The molecule has 1 aromatic heterocycles. The first-order valence-corrected chi connectivity index (χ1v) is 9.07. The standard InChI is InChI=1S/C18H16N2OS2/c1-13-19-16(11-22-13)12-23-17-9-7-14(8-10-17)18(21)20-15-5-3-2-4-6-15/h2-11H,12H2,1H3,(H,20,21). The van der Waals surface area contributed by atoms with E-state index in [0.717, 1.165) is 27.0 Å². The Balaban J connectivity index is 1.59. The van der Waals surface area contributed by atoms with Crippen LogP contribution in [0.4, 0.5) is 5.69 Å². The van der Waals surface area contributed by atoms with Gasteiger partial charge in [-0.1, -0.05) is 18.2 Å². The summed E-state index contributed by atoms with van der Waals surface area (Å²) < 4.78 is 0. The summed E-state index contributed by atoms with van der Waals surface area (Å²) >= 11 is 3.39. The molecule has 0 bridgehead atoms. The lowest BCUT2D eigenvalue weighted by Crippen LogP contribution is -2.11. The second-order valence-corrected chi connectivity index (χ2v) is 7.10. The van der Waals surface area contributed by atoms with Crippen molar-refractivity contribution in [2.24, 2.45) is 0 Å². The van der Waals surface area contributed by atoms with Crippen molar-refractivity contribution < 1.29 is 4.79 Å². The Hall–Kier alpha value is -2.11. The molecule has 3 nitrogen and oxygen atoms in total. The van der Waals surface area contributed by atoms with Crippen LogP contribution in [0.5, 0.6) is 0 Å². The SMILES string of the molecule is Cc1nc(CSc2ccc(C(=O)Nc3ccccc3)cc2)cs1. The van der Waals surface area contributed by atoms with E-state index in [1.165, 1.54) is 0 Å². The predicted molar refractivity (Wildman–Crippen MR) is 97.2 cm³/mol. The minimum atomic E-state index is -0.0946. The number of carbonyl (C=O) groups excluding carboxylic acids is 1. The van der Waals surface area contributed by atoms with E-state index in [4.69, 9.17) is 0 Å². The number of thioether (sulfide) groups is 1. The third-order valence-corrected chi connectivity index (χ3v) is 5.07. The molecule has 1 heterocycles. The van der Waals surface area contributed by atoms with Gasteiger partial charge in [0, 0.05) is 27.3 Å². The van der Waals surface area contributed by atoms with Crippen molar-refractivity contribution in [1.82, 2.24) is 4.98 Å². The van der Waals surface area contributed by atoms with Crippen molar-refractivity contribution in [2.45, 2.75) is 17.6 Å². The molecule has 5 heteroatoms. The topological polar surface area (TPSA) is 42.0 Å². The maximum atomic E-state index is 12.2. The molecule has 0 fully saturated rings. The number of nitrogens with zero attached hydrogens (tertiary/aromatic N) is 1. The molecule has 0 unspecified atom stereocenters. The smallest absolute Gasteiger partial charge is 0.255 e. The molecule has 0 aliphatic rings. The molecule has 3 rings (SSSR count). The fourth-order valence-electron chi connectivity index (χ4n) is 2.06. The van der Waals surface area contributed by atoms with E-state index >= 15 is 0 Å². The lowest BCUT2D eigenvalue weighted by Gasteiger charge is -2.06. The van der Waals surface area contributed by atoms with E-state index in [-0.39, 0.29) is 5.91 Å². The van der Waals surface area contributed by atoms with Gasteiger partial charge in [0.05, 0.1) is 10.7 Å². The zero-order valence-electron chi connectivity index (χ0n) is 12.7. The first-order chi connectivity index (χ1) is 11.2. The number of nitrogens with one attached hydrogen (secondary N) is 1. The predicted octanol–water partition coefficient (Wildman–Crippen LogP) is 5.00. The van der Waals surface area contributed by atoms with Crippen molar-refractivity contribution in [3.05, 3.63) is 76.2 Å². The van der Waals surface area contributed by atoms with E-state index < -0.39 is 0 Å². The third kappa shape index (κ3) is 4.43. The van der Waals surface area contributed by atoms with Crippen molar-refractivity contribution in [3.8, 4) is 0 Å². The highest BCUT2D eigenvalue weighted by Crippen LogP contribution is 2.24. The van der Waals surface area contributed by atoms with Crippen LogP contribution in [0.1, 0.15) is 21.1 Å². The maximum Gasteiger partial charge on any atom is 0.255 e. The monoisotopic (exact) mass is 340 g/mol. The van der Waals surface area contributed by atoms with Crippen molar-refractivity contribution in [3.63, 3.8) is 0 Å². The van der Waals surface area contributed by atoms with Gasteiger partial charge in [-0.15, -0.1) is 23.1 Å². The number of amides is 1. The summed E-state index contributed by atoms with van der Waals surface area (Å²) in [5, 5.41) is 6.06. The molecule has 3 aromatic rings. The number of hydrogen-bond acceptors (Lipinski definition) is 4. The number of hydrogen-bond donors (Lipinski definition) is 1. The molecule has 0 saturated heterocycles. The zero-order chi connectivity index (χ0) is 16.1. The molecule has 0 radical (unpaired) electrons. The average Bonchev–Trinajstić information content (AvgIpc) is 3.00. The lowest BCUT2D eigenvalue weighted by molar-refractivity contribution is 0.102. The lowest BCUT2D eigenvalue weighted by atomic mass is 10.2. The van der Waals surface area contributed by atoms with Gasteiger partial charge in [0.25, 0.3) is 5.91 Å². The van der Waals surface area contributed by atoms with E-state index in [1.807, 2.05) is 61.5 Å². The first-order valence-electron chi connectivity index (χ1n) is 7.21. The Bertz CT molecular complexity index is 782. The summed E-state index contributed by atoms with van der Waals surface area (Å²) in [6.07, 6.45) is 0. The molecule has 0 aliphatic heterocycles. The molecule has 116 valence electrons. The number of anilines is 1. The van der Waals surface area contributed by atoms with Crippen LogP contribution in [0, 0.1) is 6.92 Å². The van der Waals surface area contributed by atoms with E-state index in [9.17, 15) is 4.79 Å². The van der Waals surface area contributed by atoms with E-state index in [0.29, 0.717) is 5.56 Å². The van der Waals surface area contributed by atoms with Gasteiger partial charge in [-0.3, -0.25) is 4.79 Å². The number of rotatable bonds is 5. The molecule has 0 saturated carbocycles. The summed E-state index contributed by atoms with van der Waals surface area (Å²) in [5.74, 6) is 0.753. The van der Waals surface area contributed by atoms with Gasteiger partial charge in [0.15, 0.2) is 0 Å². The highest BCUT2D eigenvalue weighted by atomic mass is 32.2. The number of para-hydroxylation sites is 1. The van der Waals surface area contributed by atoms with Gasteiger partial charge in [-0.25, -0.2) is 4.98 Å². The summed E-state index contributed by atoms with van der Waals surface area (Å²) in [7, 11) is 0. The van der Waals surface area contributed by atoms with Gasteiger partial charge >= 0.3 is 0 Å². The number of thiazole rings is 1. The highest BCUT2D eigenvalue weighted by Gasteiger charge is 2.06. The Kier molecular flexibility index (Phi) is 5.10. The molecular weight excluding hydrogens is 324 g/mol. The molecular formula is C18H16N2OS2. The molecule has 0 aliphatic carbocycles. The molecule has 23 heavy (non-hydrogen) atoms. The van der Waals surface area contributed by atoms with Gasteiger partial charge in [0.2, 0.25) is 0 Å². The van der Waals surface area contributed by atoms with Crippen LogP contribution >= 0.6 is 23.1 Å². The quantitative estimate of drug-likeness (QED) is 0.665. The molecule has 1 amide bonds. The number of aryl methyl sites for hydroxylation is 1. The second-order valence-electron chi connectivity index (χ2n) is 4.99. The Morgan fingerprint density at radius 3 is 2.52 bits per heavy atom. The van der Waals surface area contributed by atoms with E-state index in [1.54, 1.807) is 23.1 Å². The van der Waals surface area contributed by atoms with Crippen LogP contribution in [-0.4, -0.2) is 10.9 Å². The number of aromatic nitrogens is 1. The zero-order valence-corrected chi connectivity index (χ0v) is 14.3. The normalized spacial score (nSPS) is 10.5. The van der Waals surface area contributed by atoms with Gasteiger partial charge in [-0.2, -0.15) is 0 Å². The number of benzene rings is 2. The third-order valence-electron chi connectivity index (χ3n) is 3.20. The highest BCUT2D eigenvalue weighted by molar-refractivity contribution is 7.98. The molecule has 0 atom stereocenters. The largest absolute Gasteiger partial charge is 0.322 e. The van der Waals surface area contributed by atoms with Crippen LogP contribution in [0.2, 0.25) is 0 Å². The summed E-state index contributed by atoms with van der Waals surface area (Å²) in [5.41, 5.74) is 2.56. The fraction of sp³-hybridized carbons (Fsp3) is 0.111. The minimum Gasteiger partial charge on any atom is -0.322 e. The van der Waals surface area contributed by atoms with Crippen LogP contribution < -0.4 is 5.32 Å². The van der Waals surface area contributed by atoms with Gasteiger partial charge in [0.1, 0.15) is 0 Å². The Morgan fingerprint density at radius 1 is 1.13 bits per heavy atom. The molecule has 2 aromatic carbocycles. The fourth-order valence-corrected chi connectivity index (χ4v) is 3.57. The first kappa shape index (κ1) is 15.8. The Morgan fingerprint density at radius 2 is 1.87 bits per heavy atom. The Labute approximate surface area is 143 Å². The van der Waals surface area contributed by atoms with Crippen LogP contribution in [0.15, 0.2) is 64.9 Å². The summed E-state index contributed by atoms with van der Waals surface area (Å²) in [6, 6.07) is 17.1. The molecule has 0 spiro atoms. The van der Waals surface area contributed by atoms with Crippen LogP contribution in [-0.2, 0) is 5.75 Å². The van der Waals surface area contributed by atoms with E-state index in [2.05, 4.69) is 15.7 Å². The van der Waals surface area contributed by atoms with Crippen LogP contribution in [0.25, 0.3) is 0 Å². The van der Waals surface area contributed by atoms with Gasteiger partial charge < -0.3 is 5.32 Å². The number of carbonyl (C=O) groups is 1. The van der Waals surface area contributed by atoms with Crippen molar-refractivity contribution in [2.75, 3.05) is 5.32 Å². The average molecular weight is 340 g/mol. The summed E-state index contributed by atoms with van der Waals surface area (Å²) in [4.78, 5) is 17.8. The summed E-state index contributed by atoms with van der Waals surface area (Å²) in [6.45, 7) is 2.01. The minimum absolute atomic E-state index is 0.0946. The second kappa shape index (κ2) is 7.44. The maximum absolute atomic E-state index is 12.2. The molecule has 1 N–H and O–H groups in total. The van der Waals surface area contributed by atoms with Gasteiger partial charge in [-0.05, 0) is 43.3 Å². The van der Waals surface area contributed by atoms with Crippen molar-refractivity contribution in [1.29, 1.82) is 0 Å².